The quantitative estimate of drug-likeness (QED) is 0.806. The molecule has 1 amide bonds. The van der Waals surface area contributed by atoms with Gasteiger partial charge >= 0.3 is 0 Å². The van der Waals surface area contributed by atoms with Gasteiger partial charge in [-0.05, 0) is 69.2 Å². The molecule has 1 N–H and O–H groups in total. The summed E-state index contributed by atoms with van der Waals surface area (Å²) in [6.45, 7) is 5.83. The second-order valence-electron chi connectivity index (χ2n) is 6.78. The summed E-state index contributed by atoms with van der Waals surface area (Å²) >= 11 is 1.36. The number of para-hydroxylation sites is 1. The van der Waals surface area contributed by atoms with Crippen LogP contribution in [0, 0.1) is 25.2 Å². The SMILES string of the molecule is Cc1cccc(C)c1NC(=O)C(C)Sc1nc2c(cc1C#N)CCCC2. The molecule has 3 rings (SSSR count). The van der Waals surface area contributed by atoms with Gasteiger partial charge in [-0.2, -0.15) is 5.26 Å². The molecule has 4 nitrogen and oxygen atoms in total. The molecule has 1 unspecified atom stereocenters. The number of hydrogen-bond donors (Lipinski definition) is 1. The normalized spacial score (nSPS) is 14.2. The predicted octanol–water partition coefficient (Wildman–Crippen LogP) is 4.57. The fourth-order valence-electron chi connectivity index (χ4n) is 3.24. The van der Waals surface area contributed by atoms with Crippen LogP contribution in [0.2, 0.25) is 0 Å². The zero-order chi connectivity index (χ0) is 18.7. The number of amides is 1. The van der Waals surface area contributed by atoms with Crippen LogP contribution >= 0.6 is 11.8 Å². The Kier molecular flexibility index (Phi) is 5.63. The molecule has 1 aromatic heterocycles. The van der Waals surface area contributed by atoms with Gasteiger partial charge in [0.2, 0.25) is 5.91 Å². The van der Waals surface area contributed by atoms with Gasteiger partial charge in [-0.3, -0.25) is 4.79 Å². The van der Waals surface area contributed by atoms with Crippen molar-refractivity contribution in [3.63, 3.8) is 0 Å². The Bertz CT molecular complexity index is 865. The van der Waals surface area contributed by atoms with Crippen molar-refractivity contribution in [1.29, 1.82) is 5.26 Å². The van der Waals surface area contributed by atoms with E-state index in [9.17, 15) is 10.1 Å². The van der Waals surface area contributed by atoms with E-state index >= 15 is 0 Å². The molecule has 0 spiro atoms. The van der Waals surface area contributed by atoms with Crippen LogP contribution in [0.1, 0.15) is 47.7 Å². The number of nitriles is 1. The van der Waals surface area contributed by atoms with E-state index in [0.29, 0.717) is 10.6 Å². The maximum atomic E-state index is 12.7. The Morgan fingerprint density at radius 1 is 1.27 bits per heavy atom. The van der Waals surface area contributed by atoms with E-state index in [4.69, 9.17) is 4.98 Å². The molecule has 1 atom stereocenters. The summed E-state index contributed by atoms with van der Waals surface area (Å²) < 4.78 is 0. The van der Waals surface area contributed by atoms with E-state index in [1.165, 1.54) is 17.3 Å². The number of carbonyl (C=O) groups is 1. The van der Waals surface area contributed by atoms with Gasteiger partial charge in [0.25, 0.3) is 0 Å². The molecule has 5 heteroatoms. The van der Waals surface area contributed by atoms with Crippen molar-refractivity contribution in [1.82, 2.24) is 4.98 Å². The molecule has 2 aromatic rings. The summed E-state index contributed by atoms with van der Waals surface area (Å²) in [4.78, 5) is 17.4. The van der Waals surface area contributed by atoms with Crippen LogP contribution in [0.15, 0.2) is 29.3 Å². The molecule has 1 heterocycles. The fraction of sp³-hybridized carbons (Fsp3) is 0.381. The third-order valence-corrected chi connectivity index (χ3v) is 5.88. The van der Waals surface area contributed by atoms with Crippen molar-refractivity contribution in [2.75, 3.05) is 5.32 Å². The Morgan fingerprint density at radius 2 is 1.96 bits per heavy atom. The van der Waals surface area contributed by atoms with Crippen LogP contribution < -0.4 is 5.32 Å². The van der Waals surface area contributed by atoms with Gasteiger partial charge in [0.05, 0.1) is 10.8 Å². The number of nitrogens with zero attached hydrogens (tertiary/aromatic N) is 2. The molecule has 0 radical (unpaired) electrons. The van der Waals surface area contributed by atoms with Gasteiger partial charge in [0, 0.05) is 11.4 Å². The van der Waals surface area contributed by atoms with E-state index in [1.807, 2.05) is 45.0 Å². The molecular weight excluding hydrogens is 342 g/mol. The van der Waals surface area contributed by atoms with Gasteiger partial charge in [-0.25, -0.2) is 4.98 Å². The van der Waals surface area contributed by atoms with Gasteiger partial charge in [-0.1, -0.05) is 30.0 Å². The van der Waals surface area contributed by atoms with Crippen LogP contribution in [0.4, 0.5) is 5.69 Å². The Labute approximate surface area is 159 Å². The monoisotopic (exact) mass is 365 g/mol. The Hall–Kier alpha value is -2.32. The summed E-state index contributed by atoms with van der Waals surface area (Å²) in [5.74, 6) is -0.0733. The highest BCUT2D eigenvalue weighted by atomic mass is 32.2. The van der Waals surface area contributed by atoms with E-state index in [-0.39, 0.29) is 11.2 Å². The van der Waals surface area contributed by atoms with E-state index in [2.05, 4.69) is 11.4 Å². The first-order valence-electron chi connectivity index (χ1n) is 8.96. The highest BCUT2D eigenvalue weighted by Gasteiger charge is 2.21. The lowest BCUT2D eigenvalue weighted by Gasteiger charge is -2.18. The van der Waals surface area contributed by atoms with Crippen molar-refractivity contribution in [3.8, 4) is 6.07 Å². The van der Waals surface area contributed by atoms with Gasteiger partial charge in [-0.15, -0.1) is 0 Å². The Morgan fingerprint density at radius 3 is 2.65 bits per heavy atom. The largest absolute Gasteiger partial charge is 0.325 e. The second kappa shape index (κ2) is 7.92. The molecule has 0 fully saturated rings. The highest BCUT2D eigenvalue weighted by Crippen LogP contribution is 2.30. The molecule has 0 saturated carbocycles. The summed E-state index contributed by atoms with van der Waals surface area (Å²) in [6, 6.07) is 10.2. The highest BCUT2D eigenvalue weighted by molar-refractivity contribution is 8.00. The Balaban J connectivity index is 1.78. The number of thioether (sulfide) groups is 1. The fourth-order valence-corrected chi connectivity index (χ4v) is 4.14. The maximum Gasteiger partial charge on any atom is 0.237 e. The molecule has 1 aromatic carbocycles. The molecule has 26 heavy (non-hydrogen) atoms. The summed E-state index contributed by atoms with van der Waals surface area (Å²) in [7, 11) is 0. The molecule has 0 bridgehead atoms. The van der Waals surface area contributed by atoms with Crippen LogP contribution in [0.25, 0.3) is 0 Å². The van der Waals surface area contributed by atoms with Crippen LogP contribution in [0.3, 0.4) is 0 Å². The maximum absolute atomic E-state index is 12.7. The average Bonchev–Trinajstić information content (AvgIpc) is 2.64. The number of rotatable bonds is 4. The minimum absolute atomic E-state index is 0.0733. The van der Waals surface area contributed by atoms with Crippen molar-refractivity contribution in [3.05, 3.63) is 52.2 Å². The van der Waals surface area contributed by atoms with Crippen molar-refractivity contribution >= 4 is 23.4 Å². The molecule has 134 valence electrons. The third kappa shape index (κ3) is 3.91. The van der Waals surface area contributed by atoms with Gasteiger partial charge in [0.15, 0.2) is 0 Å². The summed E-state index contributed by atoms with van der Waals surface area (Å²) in [5.41, 5.74) is 5.79. The van der Waals surface area contributed by atoms with E-state index in [0.717, 1.165) is 48.2 Å². The first-order chi connectivity index (χ1) is 12.5. The standard InChI is InChI=1S/C21H23N3OS/c1-13-7-6-8-14(2)19(13)24-20(25)15(3)26-21-17(12-22)11-16-9-4-5-10-18(16)23-21/h6-8,11,15H,4-5,9-10H2,1-3H3,(H,24,25). The summed E-state index contributed by atoms with van der Waals surface area (Å²) in [5, 5.41) is 12.8. The number of carbonyl (C=O) groups excluding carboxylic acids is 1. The average molecular weight is 366 g/mol. The number of anilines is 1. The zero-order valence-electron chi connectivity index (χ0n) is 15.4. The van der Waals surface area contributed by atoms with Crippen LogP contribution in [0.5, 0.6) is 0 Å². The number of hydrogen-bond acceptors (Lipinski definition) is 4. The molecule has 0 saturated heterocycles. The molecule has 1 aliphatic rings. The number of nitrogens with one attached hydrogen (secondary N) is 1. The molecule has 1 aliphatic carbocycles. The lowest BCUT2D eigenvalue weighted by atomic mass is 9.95. The third-order valence-electron chi connectivity index (χ3n) is 4.77. The predicted molar refractivity (Wildman–Crippen MR) is 105 cm³/mol. The molecule has 0 aliphatic heterocycles. The minimum atomic E-state index is -0.338. The number of aryl methyl sites for hydroxylation is 4. The lowest BCUT2D eigenvalue weighted by Crippen LogP contribution is -2.23. The van der Waals surface area contributed by atoms with E-state index in [1.54, 1.807) is 0 Å². The van der Waals surface area contributed by atoms with Crippen molar-refractivity contribution in [2.45, 2.75) is 56.7 Å². The number of aromatic nitrogens is 1. The van der Waals surface area contributed by atoms with Gasteiger partial charge in [0.1, 0.15) is 11.1 Å². The minimum Gasteiger partial charge on any atom is -0.325 e. The van der Waals surface area contributed by atoms with Crippen LogP contribution in [-0.2, 0) is 17.6 Å². The smallest absolute Gasteiger partial charge is 0.237 e. The van der Waals surface area contributed by atoms with Crippen molar-refractivity contribution in [2.24, 2.45) is 0 Å². The lowest BCUT2D eigenvalue weighted by molar-refractivity contribution is -0.115. The van der Waals surface area contributed by atoms with Crippen LogP contribution in [-0.4, -0.2) is 16.1 Å². The number of fused-ring (bicyclic) bond motifs is 1. The second-order valence-corrected chi connectivity index (χ2v) is 8.11. The first kappa shape index (κ1) is 18.5. The van der Waals surface area contributed by atoms with Gasteiger partial charge < -0.3 is 5.32 Å². The van der Waals surface area contributed by atoms with Crippen molar-refractivity contribution < 1.29 is 4.79 Å². The first-order valence-corrected chi connectivity index (χ1v) is 9.84. The number of benzene rings is 1. The van der Waals surface area contributed by atoms with E-state index < -0.39 is 0 Å². The summed E-state index contributed by atoms with van der Waals surface area (Å²) in [6.07, 6.45) is 4.24. The molecular formula is C21H23N3OS. The zero-order valence-corrected chi connectivity index (χ0v) is 16.2. The number of pyridine rings is 1. The topological polar surface area (TPSA) is 65.8 Å².